The molecule has 1 heterocycles. The van der Waals surface area contributed by atoms with Crippen molar-refractivity contribution in [1.29, 1.82) is 0 Å². The molecule has 1 aliphatic heterocycles. The van der Waals surface area contributed by atoms with E-state index in [2.05, 4.69) is 5.32 Å². The van der Waals surface area contributed by atoms with Crippen molar-refractivity contribution in [1.82, 2.24) is 14.5 Å². The van der Waals surface area contributed by atoms with Crippen molar-refractivity contribution < 1.29 is 22.0 Å². The van der Waals surface area contributed by atoms with Crippen LogP contribution in [-0.4, -0.2) is 62.8 Å². The fourth-order valence-electron chi connectivity index (χ4n) is 3.18. The molecule has 2 aromatic carbocycles. The van der Waals surface area contributed by atoms with E-state index in [4.69, 9.17) is 0 Å². The smallest absolute Gasteiger partial charge is 0.257 e. The highest BCUT2D eigenvalue weighted by Crippen LogP contribution is 2.18. The Morgan fingerprint density at radius 2 is 1.59 bits per heavy atom. The summed E-state index contributed by atoms with van der Waals surface area (Å²) in [5, 5.41) is 2.51. The molecule has 1 aliphatic rings. The zero-order chi connectivity index (χ0) is 21.0. The number of rotatable bonds is 6. The molecular formula is C20H23F2N3O3S. The van der Waals surface area contributed by atoms with Gasteiger partial charge in [-0.1, -0.05) is 23.8 Å². The van der Waals surface area contributed by atoms with Gasteiger partial charge in [-0.15, -0.1) is 0 Å². The Morgan fingerprint density at radius 1 is 1.00 bits per heavy atom. The molecule has 1 amide bonds. The monoisotopic (exact) mass is 423 g/mol. The predicted octanol–water partition coefficient (Wildman–Crippen LogP) is 2.01. The van der Waals surface area contributed by atoms with E-state index in [1.165, 1.54) is 10.4 Å². The summed E-state index contributed by atoms with van der Waals surface area (Å²) in [5.74, 6) is -2.61. The van der Waals surface area contributed by atoms with E-state index in [0.29, 0.717) is 32.7 Å². The van der Waals surface area contributed by atoms with E-state index in [9.17, 15) is 22.0 Å². The maximum Gasteiger partial charge on any atom is 0.257 e. The summed E-state index contributed by atoms with van der Waals surface area (Å²) in [5.41, 5.74) is 0.396. The van der Waals surface area contributed by atoms with Gasteiger partial charge in [-0.3, -0.25) is 9.69 Å². The first-order valence-electron chi connectivity index (χ1n) is 9.30. The maximum absolute atomic E-state index is 13.6. The number of piperazine rings is 1. The topological polar surface area (TPSA) is 69.7 Å². The van der Waals surface area contributed by atoms with E-state index in [1.54, 1.807) is 24.3 Å². The average Bonchev–Trinajstić information content (AvgIpc) is 2.68. The minimum Gasteiger partial charge on any atom is -0.351 e. The molecule has 0 radical (unpaired) electrons. The zero-order valence-corrected chi connectivity index (χ0v) is 16.9. The molecule has 0 unspecified atom stereocenters. The van der Waals surface area contributed by atoms with Gasteiger partial charge in [0.15, 0.2) is 0 Å². The first kappa shape index (κ1) is 21.4. The van der Waals surface area contributed by atoms with Gasteiger partial charge < -0.3 is 5.32 Å². The zero-order valence-electron chi connectivity index (χ0n) is 16.1. The molecule has 1 saturated heterocycles. The second-order valence-corrected chi connectivity index (χ2v) is 8.85. The van der Waals surface area contributed by atoms with Crippen molar-refractivity contribution in [2.75, 3.05) is 39.3 Å². The largest absolute Gasteiger partial charge is 0.351 e. The van der Waals surface area contributed by atoms with Crippen LogP contribution in [0.5, 0.6) is 0 Å². The summed E-state index contributed by atoms with van der Waals surface area (Å²) >= 11 is 0. The van der Waals surface area contributed by atoms with Gasteiger partial charge in [-0.25, -0.2) is 17.2 Å². The molecule has 9 heteroatoms. The van der Waals surface area contributed by atoms with E-state index >= 15 is 0 Å². The standard InChI is InChI=1S/C20H23F2N3O3S/c1-15-5-7-16(8-6-15)29(27,28)25-13-11-24(12-14-25)10-9-23-20(26)19-17(21)3-2-4-18(19)22/h2-8H,9-14H2,1H3,(H,23,26). The third-order valence-corrected chi connectivity index (χ3v) is 6.81. The van der Waals surface area contributed by atoms with E-state index in [-0.39, 0.29) is 11.4 Å². The summed E-state index contributed by atoms with van der Waals surface area (Å²) in [6, 6.07) is 10.0. The van der Waals surface area contributed by atoms with Gasteiger partial charge >= 0.3 is 0 Å². The number of nitrogens with one attached hydrogen (secondary N) is 1. The van der Waals surface area contributed by atoms with Crippen LogP contribution in [0.2, 0.25) is 0 Å². The Bertz CT molecular complexity index is 953. The summed E-state index contributed by atoms with van der Waals surface area (Å²) in [6.07, 6.45) is 0. The van der Waals surface area contributed by atoms with Gasteiger partial charge in [0.25, 0.3) is 5.91 Å². The van der Waals surface area contributed by atoms with Gasteiger partial charge in [0.2, 0.25) is 10.0 Å². The van der Waals surface area contributed by atoms with Crippen LogP contribution in [0.15, 0.2) is 47.4 Å². The Hall–Kier alpha value is -2.36. The van der Waals surface area contributed by atoms with Crippen LogP contribution < -0.4 is 5.32 Å². The third-order valence-electron chi connectivity index (χ3n) is 4.89. The number of carbonyl (C=O) groups is 1. The lowest BCUT2D eigenvalue weighted by Gasteiger charge is -2.34. The molecule has 2 aromatic rings. The lowest BCUT2D eigenvalue weighted by atomic mass is 10.2. The second kappa shape index (κ2) is 8.98. The summed E-state index contributed by atoms with van der Waals surface area (Å²) in [4.78, 5) is 14.3. The van der Waals surface area contributed by atoms with Gasteiger partial charge in [0, 0.05) is 39.3 Å². The number of amides is 1. The number of carbonyl (C=O) groups excluding carboxylic acids is 1. The first-order valence-corrected chi connectivity index (χ1v) is 10.7. The van der Waals surface area contributed by atoms with Crippen LogP contribution >= 0.6 is 0 Å². The fourth-order valence-corrected chi connectivity index (χ4v) is 4.61. The molecule has 0 aromatic heterocycles. The predicted molar refractivity (Wildman–Crippen MR) is 105 cm³/mol. The number of benzene rings is 2. The minimum atomic E-state index is -3.53. The van der Waals surface area contributed by atoms with Crippen LogP contribution in [0.4, 0.5) is 8.78 Å². The molecule has 0 atom stereocenters. The van der Waals surface area contributed by atoms with Gasteiger partial charge in [-0.05, 0) is 31.2 Å². The summed E-state index contributed by atoms with van der Waals surface area (Å²) < 4.78 is 54.1. The molecule has 3 rings (SSSR count). The van der Waals surface area contributed by atoms with Gasteiger partial charge in [0.1, 0.15) is 17.2 Å². The molecule has 1 fully saturated rings. The number of sulfonamides is 1. The van der Waals surface area contributed by atoms with Crippen molar-refractivity contribution in [3.63, 3.8) is 0 Å². The molecule has 29 heavy (non-hydrogen) atoms. The van der Waals surface area contributed by atoms with Gasteiger partial charge in [0.05, 0.1) is 4.90 Å². The van der Waals surface area contributed by atoms with Gasteiger partial charge in [-0.2, -0.15) is 4.31 Å². The average molecular weight is 423 g/mol. The van der Waals surface area contributed by atoms with Crippen molar-refractivity contribution in [2.45, 2.75) is 11.8 Å². The number of aryl methyl sites for hydroxylation is 1. The maximum atomic E-state index is 13.6. The van der Waals surface area contributed by atoms with Crippen LogP contribution in [0.3, 0.4) is 0 Å². The Kier molecular flexibility index (Phi) is 6.61. The molecular weight excluding hydrogens is 400 g/mol. The Balaban J connectivity index is 1.49. The highest BCUT2D eigenvalue weighted by Gasteiger charge is 2.28. The van der Waals surface area contributed by atoms with E-state index < -0.39 is 33.1 Å². The molecule has 0 aliphatic carbocycles. The second-order valence-electron chi connectivity index (χ2n) is 6.91. The molecule has 0 bridgehead atoms. The molecule has 1 N–H and O–H groups in total. The SMILES string of the molecule is Cc1ccc(S(=O)(=O)N2CCN(CCNC(=O)c3c(F)cccc3F)CC2)cc1. The number of halogens is 2. The summed E-state index contributed by atoms with van der Waals surface area (Å²) in [7, 11) is -3.53. The molecule has 0 saturated carbocycles. The molecule has 6 nitrogen and oxygen atoms in total. The first-order chi connectivity index (χ1) is 13.8. The quantitative estimate of drug-likeness (QED) is 0.772. The minimum absolute atomic E-state index is 0.206. The lowest BCUT2D eigenvalue weighted by molar-refractivity contribution is 0.0936. The van der Waals surface area contributed by atoms with Crippen molar-refractivity contribution in [2.24, 2.45) is 0 Å². The lowest BCUT2D eigenvalue weighted by Crippen LogP contribution is -2.50. The highest BCUT2D eigenvalue weighted by molar-refractivity contribution is 7.89. The fraction of sp³-hybridized carbons (Fsp3) is 0.350. The third kappa shape index (κ3) is 4.98. The number of hydrogen-bond acceptors (Lipinski definition) is 4. The Morgan fingerprint density at radius 3 is 2.17 bits per heavy atom. The Labute approximate surface area is 169 Å². The van der Waals surface area contributed by atoms with Crippen LogP contribution in [0.1, 0.15) is 15.9 Å². The molecule has 156 valence electrons. The summed E-state index contributed by atoms with van der Waals surface area (Å²) in [6.45, 7) is 4.26. The van der Waals surface area contributed by atoms with Crippen molar-refractivity contribution in [3.8, 4) is 0 Å². The normalized spacial score (nSPS) is 16.0. The van der Waals surface area contributed by atoms with E-state index in [1.807, 2.05) is 11.8 Å². The van der Waals surface area contributed by atoms with Crippen LogP contribution in [0, 0.1) is 18.6 Å². The molecule has 0 spiro atoms. The van der Waals surface area contributed by atoms with Crippen molar-refractivity contribution >= 4 is 15.9 Å². The van der Waals surface area contributed by atoms with Crippen molar-refractivity contribution in [3.05, 3.63) is 65.2 Å². The number of hydrogen-bond donors (Lipinski definition) is 1. The highest BCUT2D eigenvalue weighted by atomic mass is 32.2. The van der Waals surface area contributed by atoms with Crippen LogP contribution in [0.25, 0.3) is 0 Å². The van der Waals surface area contributed by atoms with Crippen LogP contribution in [-0.2, 0) is 10.0 Å². The van der Waals surface area contributed by atoms with E-state index in [0.717, 1.165) is 17.7 Å². The number of nitrogens with zero attached hydrogens (tertiary/aromatic N) is 2.